The maximum atomic E-state index is 11.8. The summed E-state index contributed by atoms with van der Waals surface area (Å²) in [5.41, 5.74) is 0.642. The van der Waals surface area contributed by atoms with Crippen molar-refractivity contribution in [2.45, 2.75) is 25.0 Å². The molecule has 0 atom stereocenters. The molecule has 2 rings (SSSR count). The number of nitrogens with zero attached hydrogens (tertiary/aromatic N) is 4. The molecule has 0 saturated heterocycles. The largest absolute Gasteiger partial charge is 0.497 e. The molecule has 1 aromatic heterocycles. The van der Waals surface area contributed by atoms with Crippen LogP contribution in [0.25, 0.3) is 5.69 Å². The van der Waals surface area contributed by atoms with E-state index in [4.69, 9.17) is 9.47 Å². The number of amides is 1. The van der Waals surface area contributed by atoms with Crippen LogP contribution in [0.1, 0.15) is 13.8 Å². The third kappa shape index (κ3) is 4.35. The molecule has 9 heteroatoms. The van der Waals surface area contributed by atoms with Crippen molar-refractivity contribution < 1.29 is 14.3 Å². The third-order valence-corrected chi connectivity index (χ3v) is 3.76. The van der Waals surface area contributed by atoms with E-state index in [2.05, 4.69) is 20.8 Å². The van der Waals surface area contributed by atoms with Gasteiger partial charge < -0.3 is 14.8 Å². The first kappa shape index (κ1) is 17.1. The summed E-state index contributed by atoms with van der Waals surface area (Å²) in [7, 11) is 3.15. The fourth-order valence-corrected chi connectivity index (χ4v) is 2.57. The Morgan fingerprint density at radius 3 is 2.78 bits per heavy atom. The van der Waals surface area contributed by atoms with E-state index >= 15 is 0 Å². The van der Waals surface area contributed by atoms with E-state index in [0.29, 0.717) is 22.3 Å². The van der Waals surface area contributed by atoms with Crippen LogP contribution in [0.3, 0.4) is 0 Å². The Morgan fingerprint density at radius 1 is 1.35 bits per heavy atom. The number of methoxy groups -OCH3 is 2. The molecule has 0 unspecified atom stereocenters. The van der Waals surface area contributed by atoms with Gasteiger partial charge in [-0.15, -0.1) is 5.10 Å². The summed E-state index contributed by atoms with van der Waals surface area (Å²) in [6.07, 6.45) is 0. The van der Waals surface area contributed by atoms with Gasteiger partial charge in [0, 0.05) is 12.1 Å². The maximum Gasteiger partial charge on any atom is 0.230 e. The average Bonchev–Trinajstić information content (AvgIpc) is 3.00. The van der Waals surface area contributed by atoms with Crippen molar-refractivity contribution in [1.82, 2.24) is 25.5 Å². The quantitative estimate of drug-likeness (QED) is 0.761. The lowest BCUT2D eigenvalue weighted by Gasteiger charge is -2.11. The summed E-state index contributed by atoms with van der Waals surface area (Å²) in [6.45, 7) is 3.82. The van der Waals surface area contributed by atoms with Crippen LogP contribution in [0.15, 0.2) is 23.4 Å². The first-order valence-electron chi connectivity index (χ1n) is 6.98. The van der Waals surface area contributed by atoms with Crippen molar-refractivity contribution in [2.75, 3.05) is 20.0 Å². The molecule has 1 aromatic carbocycles. The van der Waals surface area contributed by atoms with Crippen molar-refractivity contribution in [3.63, 3.8) is 0 Å². The number of carbonyl (C=O) groups is 1. The molecule has 0 radical (unpaired) electrons. The predicted molar refractivity (Wildman–Crippen MR) is 86.3 cm³/mol. The van der Waals surface area contributed by atoms with Gasteiger partial charge in [-0.3, -0.25) is 4.79 Å². The van der Waals surface area contributed by atoms with Gasteiger partial charge in [0.1, 0.15) is 17.2 Å². The highest BCUT2D eigenvalue weighted by atomic mass is 32.2. The lowest BCUT2D eigenvalue weighted by atomic mass is 10.3. The van der Waals surface area contributed by atoms with Crippen LogP contribution in [-0.2, 0) is 4.79 Å². The van der Waals surface area contributed by atoms with Crippen LogP contribution in [0, 0.1) is 0 Å². The molecule has 0 bridgehead atoms. The summed E-state index contributed by atoms with van der Waals surface area (Å²) in [4.78, 5) is 11.8. The van der Waals surface area contributed by atoms with Crippen molar-refractivity contribution in [3.05, 3.63) is 18.2 Å². The minimum atomic E-state index is -0.0721. The van der Waals surface area contributed by atoms with Crippen LogP contribution in [0.4, 0.5) is 0 Å². The molecule has 0 aliphatic heterocycles. The predicted octanol–water partition coefficient (Wildman–Crippen LogP) is 1.30. The SMILES string of the molecule is COc1ccc(OC)c(-n2nnnc2SCC(=O)NC(C)C)c1. The van der Waals surface area contributed by atoms with E-state index < -0.39 is 0 Å². The molecule has 1 amide bonds. The second kappa shape index (κ2) is 7.82. The Hall–Kier alpha value is -2.29. The highest BCUT2D eigenvalue weighted by Gasteiger charge is 2.16. The van der Waals surface area contributed by atoms with Gasteiger partial charge in [-0.1, -0.05) is 11.8 Å². The Morgan fingerprint density at radius 2 is 2.13 bits per heavy atom. The van der Waals surface area contributed by atoms with E-state index in [-0.39, 0.29) is 17.7 Å². The van der Waals surface area contributed by atoms with Gasteiger partial charge in [-0.05, 0) is 36.4 Å². The van der Waals surface area contributed by atoms with Gasteiger partial charge in [0.05, 0.1) is 20.0 Å². The lowest BCUT2D eigenvalue weighted by molar-refractivity contribution is -0.119. The number of carbonyl (C=O) groups excluding carboxylic acids is 1. The zero-order valence-corrected chi connectivity index (χ0v) is 14.3. The van der Waals surface area contributed by atoms with Gasteiger partial charge in [0.15, 0.2) is 0 Å². The molecular weight excluding hydrogens is 318 g/mol. The number of tetrazole rings is 1. The van der Waals surface area contributed by atoms with Crippen LogP contribution in [0.5, 0.6) is 11.5 Å². The monoisotopic (exact) mass is 337 g/mol. The molecule has 1 heterocycles. The molecule has 0 aliphatic carbocycles. The first-order valence-corrected chi connectivity index (χ1v) is 7.96. The lowest BCUT2D eigenvalue weighted by Crippen LogP contribution is -2.31. The van der Waals surface area contributed by atoms with Crippen molar-refractivity contribution in [3.8, 4) is 17.2 Å². The van der Waals surface area contributed by atoms with Crippen LogP contribution in [0.2, 0.25) is 0 Å². The molecule has 124 valence electrons. The molecule has 0 fully saturated rings. The number of hydrogen-bond donors (Lipinski definition) is 1. The van der Waals surface area contributed by atoms with Crippen molar-refractivity contribution in [2.24, 2.45) is 0 Å². The highest BCUT2D eigenvalue weighted by Crippen LogP contribution is 2.29. The Labute approximate surface area is 138 Å². The molecule has 23 heavy (non-hydrogen) atoms. The van der Waals surface area contributed by atoms with Crippen LogP contribution < -0.4 is 14.8 Å². The van der Waals surface area contributed by atoms with Gasteiger partial charge >= 0.3 is 0 Å². The Bertz CT molecular complexity index is 674. The Balaban J connectivity index is 2.22. The van der Waals surface area contributed by atoms with Crippen molar-refractivity contribution in [1.29, 1.82) is 0 Å². The third-order valence-electron chi connectivity index (χ3n) is 2.84. The normalized spacial score (nSPS) is 10.7. The maximum absolute atomic E-state index is 11.8. The molecule has 0 aliphatic rings. The minimum absolute atomic E-state index is 0.0721. The van der Waals surface area contributed by atoms with Gasteiger partial charge in [-0.25, -0.2) is 0 Å². The van der Waals surface area contributed by atoms with E-state index in [9.17, 15) is 4.79 Å². The molecule has 1 N–H and O–H groups in total. The summed E-state index contributed by atoms with van der Waals surface area (Å²) >= 11 is 1.25. The van der Waals surface area contributed by atoms with E-state index in [1.807, 2.05) is 13.8 Å². The van der Waals surface area contributed by atoms with E-state index in [1.54, 1.807) is 32.4 Å². The highest BCUT2D eigenvalue weighted by molar-refractivity contribution is 7.99. The number of thioether (sulfide) groups is 1. The molecule has 2 aromatic rings. The molecule has 8 nitrogen and oxygen atoms in total. The second-order valence-electron chi connectivity index (χ2n) is 4.92. The summed E-state index contributed by atoms with van der Waals surface area (Å²) in [6, 6.07) is 5.43. The smallest absolute Gasteiger partial charge is 0.230 e. The van der Waals surface area contributed by atoms with E-state index in [0.717, 1.165) is 0 Å². The number of aromatic nitrogens is 4. The zero-order chi connectivity index (χ0) is 16.8. The van der Waals surface area contributed by atoms with Gasteiger partial charge in [-0.2, -0.15) is 4.68 Å². The van der Waals surface area contributed by atoms with Crippen LogP contribution >= 0.6 is 11.8 Å². The standard InChI is InChI=1S/C14H19N5O3S/c1-9(2)15-13(20)8-23-14-16-17-18-19(14)11-7-10(21-3)5-6-12(11)22-4/h5-7,9H,8H2,1-4H3,(H,15,20). The summed E-state index contributed by atoms with van der Waals surface area (Å²) in [5, 5.41) is 14.9. The summed E-state index contributed by atoms with van der Waals surface area (Å²) < 4.78 is 12.1. The van der Waals surface area contributed by atoms with Gasteiger partial charge in [0.2, 0.25) is 11.1 Å². The Kier molecular flexibility index (Phi) is 5.80. The minimum Gasteiger partial charge on any atom is -0.497 e. The topological polar surface area (TPSA) is 91.2 Å². The van der Waals surface area contributed by atoms with E-state index in [1.165, 1.54) is 16.4 Å². The fraction of sp³-hybridized carbons (Fsp3) is 0.429. The number of nitrogens with one attached hydrogen (secondary N) is 1. The number of ether oxygens (including phenoxy) is 2. The molecule has 0 spiro atoms. The molecule has 0 saturated carbocycles. The summed E-state index contributed by atoms with van der Waals surface area (Å²) in [5.74, 6) is 1.42. The number of hydrogen-bond acceptors (Lipinski definition) is 7. The average molecular weight is 337 g/mol. The van der Waals surface area contributed by atoms with Crippen molar-refractivity contribution >= 4 is 17.7 Å². The second-order valence-corrected chi connectivity index (χ2v) is 5.86. The number of rotatable bonds is 7. The fourth-order valence-electron chi connectivity index (χ4n) is 1.88. The molecular formula is C14H19N5O3S. The first-order chi connectivity index (χ1) is 11.0. The number of benzene rings is 1. The van der Waals surface area contributed by atoms with Gasteiger partial charge in [0.25, 0.3) is 0 Å². The zero-order valence-electron chi connectivity index (χ0n) is 13.4. The van der Waals surface area contributed by atoms with Crippen LogP contribution in [-0.4, -0.2) is 52.1 Å².